The van der Waals surface area contributed by atoms with Crippen LogP contribution in [0.15, 0.2) is 24.3 Å². The van der Waals surface area contributed by atoms with Crippen molar-refractivity contribution in [3.8, 4) is 0 Å². The smallest absolute Gasteiger partial charge is 0.239 e. The van der Waals surface area contributed by atoms with Gasteiger partial charge < -0.3 is 10.2 Å². The van der Waals surface area contributed by atoms with Crippen molar-refractivity contribution < 1.29 is 13.2 Å². The molecule has 1 aromatic carbocycles. The fraction of sp³-hybridized carbons (Fsp3) is 0.650. The Labute approximate surface area is 163 Å². The van der Waals surface area contributed by atoms with Crippen LogP contribution in [0.1, 0.15) is 45.4 Å². The first-order valence-electron chi connectivity index (χ1n) is 9.94. The molecule has 1 aromatic rings. The number of sulfonamides is 1. The minimum absolute atomic E-state index is 0.0466. The molecule has 3 rings (SSSR count). The maximum atomic E-state index is 12.4. The molecule has 1 amide bonds. The van der Waals surface area contributed by atoms with Gasteiger partial charge in [-0.2, -0.15) is 4.31 Å². The summed E-state index contributed by atoms with van der Waals surface area (Å²) in [5, 5.41) is 2.84. The molecule has 27 heavy (non-hydrogen) atoms. The summed E-state index contributed by atoms with van der Waals surface area (Å²) in [4.78, 5) is 14.8. The van der Waals surface area contributed by atoms with Gasteiger partial charge in [0.25, 0.3) is 0 Å². The molecule has 1 aliphatic heterocycles. The van der Waals surface area contributed by atoms with E-state index in [2.05, 4.69) is 17.1 Å². The van der Waals surface area contributed by atoms with Crippen molar-refractivity contribution in [2.24, 2.45) is 5.92 Å². The molecule has 0 bridgehead atoms. The van der Waals surface area contributed by atoms with Gasteiger partial charge in [0.1, 0.15) is 0 Å². The van der Waals surface area contributed by atoms with Crippen molar-refractivity contribution in [2.45, 2.75) is 51.5 Å². The molecule has 6 nitrogen and oxygen atoms in total. The van der Waals surface area contributed by atoms with E-state index in [-0.39, 0.29) is 18.5 Å². The van der Waals surface area contributed by atoms with E-state index in [1.54, 1.807) is 0 Å². The first kappa shape index (κ1) is 20.1. The van der Waals surface area contributed by atoms with Crippen LogP contribution in [0.2, 0.25) is 0 Å². The van der Waals surface area contributed by atoms with E-state index in [0.717, 1.165) is 44.7 Å². The Bertz CT molecular complexity index is 734. The van der Waals surface area contributed by atoms with Crippen molar-refractivity contribution in [1.29, 1.82) is 0 Å². The van der Waals surface area contributed by atoms with Crippen molar-refractivity contribution >= 4 is 27.3 Å². The average Bonchev–Trinajstić information content (AvgIpc) is 3.14. The molecular formula is C20H31N3O3S. The number of nitrogens with one attached hydrogen (secondary N) is 1. The molecule has 1 saturated heterocycles. The Morgan fingerprint density at radius 2 is 1.70 bits per heavy atom. The fourth-order valence-electron chi connectivity index (χ4n) is 4.07. The zero-order valence-corrected chi connectivity index (χ0v) is 17.2. The number of benzene rings is 1. The summed E-state index contributed by atoms with van der Waals surface area (Å²) >= 11 is 0. The lowest BCUT2D eigenvalue weighted by atomic mass is 9.99. The quantitative estimate of drug-likeness (QED) is 0.806. The van der Waals surface area contributed by atoms with E-state index in [0.29, 0.717) is 5.69 Å². The molecular weight excluding hydrogens is 362 g/mol. The summed E-state index contributed by atoms with van der Waals surface area (Å²) < 4.78 is 25.5. The fourth-order valence-corrected chi connectivity index (χ4v) is 5.18. The van der Waals surface area contributed by atoms with Gasteiger partial charge in [0.2, 0.25) is 15.9 Å². The number of rotatable bonds is 6. The van der Waals surface area contributed by atoms with E-state index in [4.69, 9.17) is 0 Å². The molecule has 1 heterocycles. The first-order chi connectivity index (χ1) is 12.8. The first-order valence-corrected chi connectivity index (χ1v) is 11.8. The van der Waals surface area contributed by atoms with Gasteiger partial charge in [0, 0.05) is 30.5 Å². The van der Waals surface area contributed by atoms with Crippen LogP contribution in [0.4, 0.5) is 11.4 Å². The molecule has 1 aliphatic carbocycles. The van der Waals surface area contributed by atoms with Crippen LogP contribution in [0.25, 0.3) is 0 Å². The predicted molar refractivity (Wildman–Crippen MR) is 109 cm³/mol. The predicted octanol–water partition coefficient (Wildman–Crippen LogP) is 3.07. The van der Waals surface area contributed by atoms with Crippen LogP contribution in [-0.4, -0.2) is 50.6 Å². The Kier molecular flexibility index (Phi) is 6.42. The van der Waals surface area contributed by atoms with Gasteiger partial charge in [-0.3, -0.25) is 4.79 Å². The highest BCUT2D eigenvalue weighted by molar-refractivity contribution is 7.88. The Morgan fingerprint density at radius 1 is 1.11 bits per heavy atom. The maximum Gasteiger partial charge on any atom is 0.239 e. The number of piperidine rings is 1. The highest BCUT2D eigenvalue weighted by atomic mass is 32.2. The molecule has 0 unspecified atom stereocenters. The van der Waals surface area contributed by atoms with Crippen molar-refractivity contribution in [2.75, 3.05) is 36.1 Å². The van der Waals surface area contributed by atoms with Gasteiger partial charge in [-0.15, -0.1) is 0 Å². The van der Waals surface area contributed by atoms with E-state index in [1.807, 2.05) is 24.3 Å². The molecule has 150 valence electrons. The SMILES string of the molecule is CC1CCN(c2ccc(NC(=O)CN(C3CCCC3)S(C)(=O)=O)cc2)CC1. The van der Waals surface area contributed by atoms with Gasteiger partial charge >= 0.3 is 0 Å². The molecule has 1 saturated carbocycles. The summed E-state index contributed by atoms with van der Waals surface area (Å²) in [5.41, 5.74) is 1.87. The normalized spacial score (nSPS) is 19.6. The lowest BCUT2D eigenvalue weighted by Crippen LogP contribution is -2.43. The zero-order chi connectivity index (χ0) is 19.4. The number of hydrogen-bond donors (Lipinski definition) is 1. The summed E-state index contributed by atoms with van der Waals surface area (Å²) in [6.45, 7) is 4.31. The van der Waals surface area contributed by atoms with Crippen LogP contribution in [0.5, 0.6) is 0 Å². The molecule has 0 aromatic heterocycles. The second kappa shape index (κ2) is 8.61. The van der Waals surface area contributed by atoms with E-state index >= 15 is 0 Å². The van der Waals surface area contributed by atoms with Crippen LogP contribution in [-0.2, 0) is 14.8 Å². The number of anilines is 2. The molecule has 0 radical (unpaired) electrons. The zero-order valence-electron chi connectivity index (χ0n) is 16.4. The van der Waals surface area contributed by atoms with E-state index in [1.165, 1.54) is 29.1 Å². The lowest BCUT2D eigenvalue weighted by molar-refractivity contribution is -0.116. The monoisotopic (exact) mass is 393 g/mol. The third kappa shape index (κ3) is 5.45. The van der Waals surface area contributed by atoms with Gasteiger partial charge in [-0.05, 0) is 55.9 Å². The van der Waals surface area contributed by atoms with Crippen LogP contribution >= 0.6 is 0 Å². The molecule has 0 atom stereocenters. The van der Waals surface area contributed by atoms with Crippen molar-refractivity contribution in [3.05, 3.63) is 24.3 Å². The number of hydrogen-bond acceptors (Lipinski definition) is 4. The lowest BCUT2D eigenvalue weighted by Gasteiger charge is -2.32. The average molecular weight is 394 g/mol. The van der Waals surface area contributed by atoms with E-state index in [9.17, 15) is 13.2 Å². The molecule has 0 spiro atoms. The third-order valence-electron chi connectivity index (χ3n) is 5.76. The van der Waals surface area contributed by atoms with Gasteiger partial charge in [-0.1, -0.05) is 19.8 Å². The largest absolute Gasteiger partial charge is 0.372 e. The Balaban J connectivity index is 1.58. The summed E-state index contributed by atoms with van der Waals surface area (Å²) in [6, 6.07) is 7.79. The molecule has 2 fully saturated rings. The highest BCUT2D eigenvalue weighted by Crippen LogP contribution is 2.26. The van der Waals surface area contributed by atoms with Gasteiger partial charge in [-0.25, -0.2) is 8.42 Å². The van der Waals surface area contributed by atoms with Gasteiger partial charge in [0.15, 0.2) is 0 Å². The van der Waals surface area contributed by atoms with Crippen LogP contribution in [0, 0.1) is 5.92 Å². The summed E-state index contributed by atoms with van der Waals surface area (Å²) in [5.74, 6) is 0.504. The number of carbonyl (C=O) groups is 1. The number of nitrogens with zero attached hydrogens (tertiary/aromatic N) is 2. The van der Waals surface area contributed by atoms with Crippen molar-refractivity contribution in [3.63, 3.8) is 0 Å². The Hall–Kier alpha value is -1.60. The van der Waals surface area contributed by atoms with Crippen molar-refractivity contribution in [1.82, 2.24) is 4.31 Å². The Morgan fingerprint density at radius 3 is 2.26 bits per heavy atom. The maximum absolute atomic E-state index is 12.4. The molecule has 7 heteroatoms. The molecule has 1 N–H and O–H groups in total. The third-order valence-corrected chi connectivity index (χ3v) is 7.04. The topological polar surface area (TPSA) is 69.7 Å². The van der Waals surface area contributed by atoms with Crippen LogP contribution in [0.3, 0.4) is 0 Å². The second-order valence-electron chi connectivity index (χ2n) is 8.01. The summed E-state index contributed by atoms with van der Waals surface area (Å²) in [6.07, 6.45) is 7.33. The van der Waals surface area contributed by atoms with Gasteiger partial charge in [0.05, 0.1) is 12.8 Å². The van der Waals surface area contributed by atoms with E-state index < -0.39 is 10.0 Å². The number of amides is 1. The van der Waals surface area contributed by atoms with Crippen LogP contribution < -0.4 is 10.2 Å². The standard InChI is InChI=1S/C20H31N3O3S/c1-16-11-13-22(14-12-16)18-9-7-17(8-10-18)21-20(24)15-23(27(2,25)26)19-5-3-4-6-19/h7-10,16,19H,3-6,11-15H2,1-2H3,(H,21,24). The number of carbonyl (C=O) groups excluding carboxylic acids is 1. The minimum atomic E-state index is -3.40. The molecule has 2 aliphatic rings. The second-order valence-corrected chi connectivity index (χ2v) is 9.95. The minimum Gasteiger partial charge on any atom is -0.372 e. The summed E-state index contributed by atoms with van der Waals surface area (Å²) in [7, 11) is -3.40. The highest BCUT2D eigenvalue weighted by Gasteiger charge is 2.30.